The highest BCUT2D eigenvalue weighted by molar-refractivity contribution is 14.0. The topological polar surface area (TPSA) is 84.3 Å². The SMILES string of the molecule is CCNC(=NCC1(CCO)CCOC1)NCC1(c2ccc(OC)cc2)CCOCC1.I. The Morgan fingerprint density at radius 3 is 2.39 bits per heavy atom. The van der Waals surface area contributed by atoms with Crippen LogP contribution in [0.1, 0.15) is 38.2 Å². The van der Waals surface area contributed by atoms with Gasteiger partial charge in [-0.2, -0.15) is 0 Å². The molecule has 31 heavy (non-hydrogen) atoms. The average molecular weight is 547 g/mol. The molecule has 8 heteroatoms. The number of nitrogens with zero attached hydrogens (tertiary/aromatic N) is 1. The molecule has 3 N–H and O–H groups in total. The number of benzene rings is 1. The van der Waals surface area contributed by atoms with Crippen LogP contribution in [-0.4, -0.2) is 70.8 Å². The molecule has 0 aromatic heterocycles. The summed E-state index contributed by atoms with van der Waals surface area (Å²) in [5.74, 6) is 1.69. The van der Waals surface area contributed by atoms with Crippen molar-refractivity contribution in [3.63, 3.8) is 0 Å². The number of hydrogen-bond acceptors (Lipinski definition) is 5. The van der Waals surface area contributed by atoms with Crippen molar-refractivity contribution in [2.75, 3.05) is 59.8 Å². The highest BCUT2D eigenvalue weighted by Gasteiger charge is 2.36. The average Bonchev–Trinajstić information content (AvgIpc) is 3.25. The lowest BCUT2D eigenvalue weighted by molar-refractivity contribution is 0.0513. The molecule has 1 atom stereocenters. The predicted molar refractivity (Wildman–Crippen MR) is 134 cm³/mol. The number of aliphatic hydroxyl groups excluding tert-OH is 1. The van der Waals surface area contributed by atoms with Crippen LogP contribution in [-0.2, 0) is 14.9 Å². The lowest BCUT2D eigenvalue weighted by Crippen LogP contribution is -2.48. The molecule has 0 radical (unpaired) electrons. The lowest BCUT2D eigenvalue weighted by Gasteiger charge is -2.38. The number of halogens is 1. The van der Waals surface area contributed by atoms with Gasteiger partial charge in [0.05, 0.1) is 20.3 Å². The van der Waals surface area contributed by atoms with Crippen LogP contribution in [0.2, 0.25) is 0 Å². The van der Waals surface area contributed by atoms with E-state index in [0.29, 0.717) is 13.2 Å². The van der Waals surface area contributed by atoms with Crippen LogP contribution in [0.4, 0.5) is 0 Å². The summed E-state index contributed by atoms with van der Waals surface area (Å²) in [6.07, 6.45) is 3.61. The molecular formula is C23H38IN3O4. The summed E-state index contributed by atoms with van der Waals surface area (Å²) in [7, 11) is 1.69. The minimum absolute atomic E-state index is 0. The van der Waals surface area contributed by atoms with Gasteiger partial charge in [-0.3, -0.25) is 4.99 Å². The Hall–Kier alpha value is -1.10. The Kier molecular flexibility index (Phi) is 10.8. The Labute approximate surface area is 203 Å². The first-order chi connectivity index (χ1) is 14.7. The number of hydrogen-bond donors (Lipinski definition) is 3. The highest BCUT2D eigenvalue weighted by atomic mass is 127. The molecule has 2 fully saturated rings. The molecular weight excluding hydrogens is 509 g/mol. The zero-order valence-corrected chi connectivity index (χ0v) is 21.2. The summed E-state index contributed by atoms with van der Waals surface area (Å²) in [4.78, 5) is 4.87. The van der Waals surface area contributed by atoms with Crippen molar-refractivity contribution in [1.82, 2.24) is 10.6 Å². The minimum Gasteiger partial charge on any atom is -0.497 e. The zero-order chi connectivity index (χ0) is 21.3. The molecule has 2 aliphatic heterocycles. The monoisotopic (exact) mass is 547 g/mol. The van der Waals surface area contributed by atoms with Crippen LogP contribution >= 0.6 is 24.0 Å². The van der Waals surface area contributed by atoms with E-state index in [1.165, 1.54) is 5.56 Å². The van der Waals surface area contributed by atoms with Gasteiger partial charge in [0.1, 0.15) is 5.75 Å². The van der Waals surface area contributed by atoms with E-state index in [0.717, 1.165) is 70.3 Å². The summed E-state index contributed by atoms with van der Waals surface area (Å²) in [5, 5.41) is 16.4. The van der Waals surface area contributed by atoms with Gasteiger partial charge < -0.3 is 30.0 Å². The van der Waals surface area contributed by atoms with E-state index in [2.05, 4.69) is 29.7 Å². The van der Waals surface area contributed by atoms with E-state index in [9.17, 15) is 5.11 Å². The molecule has 0 spiro atoms. The predicted octanol–water partition coefficient (Wildman–Crippen LogP) is 2.71. The Morgan fingerprint density at radius 2 is 1.81 bits per heavy atom. The van der Waals surface area contributed by atoms with Gasteiger partial charge in [0.15, 0.2) is 5.96 Å². The third-order valence-electron chi connectivity index (χ3n) is 6.49. The maximum atomic E-state index is 9.48. The second-order valence-electron chi connectivity index (χ2n) is 8.45. The molecule has 0 aliphatic carbocycles. The molecule has 176 valence electrons. The first kappa shape index (κ1) is 26.2. The van der Waals surface area contributed by atoms with E-state index in [1.54, 1.807) is 7.11 Å². The van der Waals surface area contributed by atoms with Crippen molar-refractivity contribution in [2.24, 2.45) is 10.4 Å². The Balaban J connectivity index is 0.00000341. The van der Waals surface area contributed by atoms with E-state index in [-0.39, 0.29) is 41.4 Å². The van der Waals surface area contributed by atoms with E-state index >= 15 is 0 Å². The number of ether oxygens (including phenoxy) is 3. The van der Waals surface area contributed by atoms with Gasteiger partial charge in [-0.05, 0) is 50.3 Å². The first-order valence-electron chi connectivity index (χ1n) is 11.1. The first-order valence-corrected chi connectivity index (χ1v) is 11.1. The number of aliphatic imine (C=N–C) groups is 1. The summed E-state index contributed by atoms with van der Waals surface area (Å²) in [6, 6.07) is 8.40. The smallest absolute Gasteiger partial charge is 0.191 e. The number of nitrogens with one attached hydrogen (secondary N) is 2. The fourth-order valence-corrected chi connectivity index (χ4v) is 4.40. The van der Waals surface area contributed by atoms with E-state index in [4.69, 9.17) is 19.2 Å². The normalized spacial score (nSPS) is 23.1. The number of aliphatic hydroxyl groups is 1. The number of guanidine groups is 1. The molecule has 3 rings (SSSR count). The Morgan fingerprint density at radius 1 is 1.10 bits per heavy atom. The van der Waals surface area contributed by atoms with E-state index in [1.807, 2.05) is 12.1 Å². The quantitative estimate of drug-likeness (QED) is 0.251. The van der Waals surface area contributed by atoms with Crippen molar-refractivity contribution >= 4 is 29.9 Å². The van der Waals surface area contributed by atoms with E-state index < -0.39 is 0 Å². The molecule has 2 saturated heterocycles. The lowest BCUT2D eigenvalue weighted by atomic mass is 9.74. The molecule has 0 amide bonds. The number of rotatable bonds is 9. The maximum absolute atomic E-state index is 9.48. The van der Waals surface area contributed by atoms with Crippen molar-refractivity contribution in [3.8, 4) is 5.75 Å². The van der Waals surface area contributed by atoms with Gasteiger partial charge >= 0.3 is 0 Å². The zero-order valence-electron chi connectivity index (χ0n) is 18.8. The van der Waals surface area contributed by atoms with Gasteiger partial charge in [0, 0.05) is 50.3 Å². The standard InChI is InChI=1S/C23H37N3O4.HI/c1-3-24-21(25-16-22(8-12-27)9-13-30-18-22)26-17-23(10-14-29-15-11-23)19-4-6-20(28-2)7-5-19;/h4-7,27H,3,8-18H2,1-2H3,(H2,24,25,26);1H. The van der Waals surface area contributed by atoms with Crippen molar-refractivity contribution in [2.45, 2.75) is 38.0 Å². The molecule has 2 aliphatic rings. The molecule has 2 heterocycles. The molecule has 1 aromatic carbocycles. The third-order valence-corrected chi connectivity index (χ3v) is 6.49. The van der Waals surface area contributed by atoms with Crippen LogP contribution in [0.15, 0.2) is 29.3 Å². The fraction of sp³-hybridized carbons (Fsp3) is 0.696. The summed E-state index contributed by atoms with van der Waals surface area (Å²) in [6.45, 7) is 7.43. The van der Waals surface area contributed by atoms with Gasteiger partial charge in [-0.1, -0.05) is 12.1 Å². The third kappa shape index (κ3) is 6.94. The molecule has 1 aromatic rings. The van der Waals surface area contributed by atoms with Crippen molar-refractivity contribution < 1.29 is 19.3 Å². The van der Waals surface area contributed by atoms with Crippen LogP contribution in [0.5, 0.6) is 5.75 Å². The second-order valence-corrected chi connectivity index (χ2v) is 8.45. The van der Waals surface area contributed by atoms with Crippen LogP contribution in [0.25, 0.3) is 0 Å². The largest absolute Gasteiger partial charge is 0.497 e. The second kappa shape index (κ2) is 12.8. The minimum atomic E-state index is -0.0521. The van der Waals surface area contributed by atoms with Gasteiger partial charge in [-0.15, -0.1) is 24.0 Å². The van der Waals surface area contributed by atoms with Crippen LogP contribution < -0.4 is 15.4 Å². The molecule has 0 saturated carbocycles. The summed E-state index contributed by atoms with van der Waals surface area (Å²) in [5.41, 5.74) is 1.25. The summed E-state index contributed by atoms with van der Waals surface area (Å²) >= 11 is 0. The van der Waals surface area contributed by atoms with Gasteiger partial charge in [0.25, 0.3) is 0 Å². The maximum Gasteiger partial charge on any atom is 0.191 e. The van der Waals surface area contributed by atoms with Crippen LogP contribution in [0.3, 0.4) is 0 Å². The molecule has 0 bridgehead atoms. The van der Waals surface area contributed by atoms with Crippen molar-refractivity contribution in [3.05, 3.63) is 29.8 Å². The Bertz CT molecular complexity index is 672. The summed E-state index contributed by atoms with van der Waals surface area (Å²) < 4.78 is 16.6. The molecule has 1 unspecified atom stereocenters. The fourth-order valence-electron chi connectivity index (χ4n) is 4.40. The highest BCUT2D eigenvalue weighted by Crippen LogP contribution is 2.35. The van der Waals surface area contributed by atoms with Crippen LogP contribution in [0, 0.1) is 5.41 Å². The van der Waals surface area contributed by atoms with Crippen molar-refractivity contribution in [1.29, 1.82) is 0 Å². The molecule has 7 nitrogen and oxygen atoms in total. The van der Waals surface area contributed by atoms with Gasteiger partial charge in [0.2, 0.25) is 0 Å². The van der Waals surface area contributed by atoms with Gasteiger partial charge in [-0.25, -0.2) is 0 Å². The number of methoxy groups -OCH3 is 1.